The van der Waals surface area contributed by atoms with Crippen LogP contribution in [0.15, 0.2) is 34.9 Å². The van der Waals surface area contributed by atoms with Gasteiger partial charge >= 0.3 is 0 Å². The molecule has 0 aliphatic heterocycles. The second-order valence-electron chi connectivity index (χ2n) is 5.67. The van der Waals surface area contributed by atoms with Crippen molar-refractivity contribution < 1.29 is 4.52 Å². The van der Waals surface area contributed by atoms with Crippen molar-refractivity contribution in [2.45, 2.75) is 46.8 Å². The molecular weight excluding hydrogens is 262 g/mol. The molecule has 0 fully saturated rings. The quantitative estimate of drug-likeness (QED) is 0.846. The Kier molecular flexibility index (Phi) is 5.39. The van der Waals surface area contributed by atoms with Crippen LogP contribution in [0.4, 0.5) is 5.69 Å². The molecule has 1 aromatic carbocycles. The minimum Gasteiger partial charge on any atom is -0.364 e. The first-order chi connectivity index (χ1) is 10.1. The zero-order valence-corrected chi connectivity index (χ0v) is 13.4. The van der Waals surface area contributed by atoms with Crippen molar-refractivity contribution in [1.82, 2.24) is 10.5 Å². The molecule has 0 saturated carbocycles. The van der Waals surface area contributed by atoms with Gasteiger partial charge in [-0.05, 0) is 31.5 Å². The van der Waals surface area contributed by atoms with Gasteiger partial charge in [-0.1, -0.05) is 31.1 Å². The van der Waals surface area contributed by atoms with E-state index in [4.69, 9.17) is 4.52 Å². The number of benzene rings is 1. The smallest absolute Gasteiger partial charge is 0.156 e. The van der Waals surface area contributed by atoms with Crippen LogP contribution >= 0.6 is 0 Å². The van der Waals surface area contributed by atoms with Gasteiger partial charge in [0.15, 0.2) is 5.76 Å². The van der Waals surface area contributed by atoms with Crippen LogP contribution in [-0.2, 0) is 13.1 Å². The predicted octanol–water partition coefficient (Wildman–Crippen LogP) is 3.51. The summed E-state index contributed by atoms with van der Waals surface area (Å²) in [5.74, 6) is 0.902. The van der Waals surface area contributed by atoms with Crippen molar-refractivity contribution >= 4 is 5.69 Å². The van der Waals surface area contributed by atoms with E-state index in [9.17, 15) is 0 Å². The van der Waals surface area contributed by atoms with Crippen molar-refractivity contribution in [2.75, 3.05) is 11.4 Å². The SMILES string of the molecule is CCN(Cc1cc(CNC(C)C)no1)c1cccc(C)c1. The van der Waals surface area contributed by atoms with Gasteiger partial charge in [-0.15, -0.1) is 0 Å². The maximum Gasteiger partial charge on any atom is 0.156 e. The highest BCUT2D eigenvalue weighted by molar-refractivity contribution is 5.48. The number of hydrogen-bond donors (Lipinski definition) is 1. The van der Waals surface area contributed by atoms with Crippen molar-refractivity contribution in [3.05, 3.63) is 47.3 Å². The summed E-state index contributed by atoms with van der Waals surface area (Å²) in [5.41, 5.74) is 3.44. The predicted molar refractivity (Wildman–Crippen MR) is 86.4 cm³/mol. The summed E-state index contributed by atoms with van der Waals surface area (Å²) in [6, 6.07) is 11.0. The summed E-state index contributed by atoms with van der Waals surface area (Å²) >= 11 is 0. The van der Waals surface area contributed by atoms with Crippen LogP contribution in [0, 0.1) is 6.92 Å². The molecule has 4 heteroatoms. The van der Waals surface area contributed by atoms with Gasteiger partial charge in [0.05, 0.1) is 12.2 Å². The monoisotopic (exact) mass is 287 g/mol. The number of hydrogen-bond acceptors (Lipinski definition) is 4. The Morgan fingerprint density at radius 2 is 2.10 bits per heavy atom. The van der Waals surface area contributed by atoms with Crippen LogP contribution < -0.4 is 10.2 Å². The number of anilines is 1. The molecule has 2 aromatic rings. The minimum atomic E-state index is 0.449. The van der Waals surface area contributed by atoms with E-state index in [2.05, 4.69) is 67.3 Å². The lowest BCUT2D eigenvalue weighted by atomic mass is 10.2. The number of aromatic nitrogens is 1. The van der Waals surface area contributed by atoms with Crippen LogP contribution in [-0.4, -0.2) is 17.7 Å². The first-order valence-corrected chi connectivity index (χ1v) is 7.58. The summed E-state index contributed by atoms with van der Waals surface area (Å²) in [6.07, 6.45) is 0. The van der Waals surface area contributed by atoms with Gasteiger partial charge in [-0.25, -0.2) is 0 Å². The lowest BCUT2D eigenvalue weighted by Crippen LogP contribution is -2.22. The number of rotatable bonds is 7. The van der Waals surface area contributed by atoms with E-state index in [1.807, 2.05) is 6.07 Å². The third-order valence-electron chi connectivity index (χ3n) is 3.39. The molecule has 0 aliphatic carbocycles. The van der Waals surface area contributed by atoms with Crippen LogP contribution in [0.1, 0.15) is 37.8 Å². The highest BCUT2D eigenvalue weighted by Crippen LogP contribution is 2.18. The molecule has 0 bridgehead atoms. The summed E-state index contributed by atoms with van der Waals surface area (Å²) < 4.78 is 5.45. The molecule has 0 amide bonds. The second kappa shape index (κ2) is 7.27. The zero-order valence-electron chi connectivity index (χ0n) is 13.4. The second-order valence-corrected chi connectivity index (χ2v) is 5.67. The van der Waals surface area contributed by atoms with E-state index in [-0.39, 0.29) is 0 Å². The summed E-state index contributed by atoms with van der Waals surface area (Å²) in [4.78, 5) is 2.28. The average Bonchev–Trinajstić information content (AvgIpc) is 2.90. The van der Waals surface area contributed by atoms with E-state index < -0.39 is 0 Å². The molecule has 0 atom stereocenters. The van der Waals surface area contributed by atoms with Gasteiger partial charge in [0, 0.05) is 30.9 Å². The Morgan fingerprint density at radius 1 is 1.29 bits per heavy atom. The highest BCUT2D eigenvalue weighted by Gasteiger charge is 2.10. The molecule has 21 heavy (non-hydrogen) atoms. The van der Waals surface area contributed by atoms with Gasteiger partial charge in [-0.3, -0.25) is 0 Å². The molecular formula is C17H25N3O. The van der Waals surface area contributed by atoms with Gasteiger partial charge in [0.1, 0.15) is 0 Å². The fourth-order valence-electron chi connectivity index (χ4n) is 2.22. The molecule has 1 heterocycles. The molecule has 1 aromatic heterocycles. The Labute approximate surface area is 127 Å². The molecule has 0 saturated heterocycles. The van der Waals surface area contributed by atoms with E-state index in [0.29, 0.717) is 6.04 Å². The molecule has 2 rings (SSSR count). The van der Waals surface area contributed by atoms with Crippen LogP contribution in [0.5, 0.6) is 0 Å². The minimum absolute atomic E-state index is 0.449. The third kappa shape index (κ3) is 4.60. The highest BCUT2D eigenvalue weighted by atomic mass is 16.5. The van der Waals surface area contributed by atoms with E-state index >= 15 is 0 Å². The Balaban J connectivity index is 2.02. The Bertz CT molecular complexity index is 563. The summed E-state index contributed by atoms with van der Waals surface area (Å²) in [6.45, 7) is 10.9. The van der Waals surface area contributed by atoms with Crippen molar-refractivity contribution in [3.63, 3.8) is 0 Å². The van der Waals surface area contributed by atoms with Crippen LogP contribution in [0.25, 0.3) is 0 Å². The number of aryl methyl sites for hydroxylation is 1. The number of nitrogens with zero attached hydrogens (tertiary/aromatic N) is 2. The van der Waals surface area contributed by atoms with Gasteiger partial charge in [0.2, 0.25) is 0 Å². The van der Waals surface area contributed by atoms with E-state index in [1.165, 1.54) is 11.3 Å². The molecule has 114 valence electrons. The van der Waals surface area contributed by atoms with Gasteiger partial charge in [-0.2, -0.15) is 0 Å². The standard InChI is InChI=1S/C17H25N3O/c1-5-20(16-8-6-7-14(4)9-16)12-17-10-15(19-21-17)11-18-13(2)3/h6-10,13,18H,5,11-12H2,1-4H3. The lowest BCUT2D eigenvalue weighted by molar-refractivity contribution is 0.372. The van der Waals surface area contributed by atoms with Gasteiger partial charge in [0.25, 0.3) is 0 Å². The van der Waals surface area contributed by atoms with Crippen molar-refractivity contribution in [3.8, 4) is 0 Å². The maximum atomic E-state index is 5.45. The van der Waals surface area contributed by atoms with E-state index in [0.717, 1.165) is 31.1 Å². The first kappa shape index (κ1) is 15.6. The molecule has 0 radical (unpaired) electrons. The van der Waals surface area contributed by atoms with Gasteiger partial charge < -0.3 is 14.7 Å². The van der Waals surface area contributed by atoms with Crippen LogP contribution in [0.2, 0.25) is 0 Å². The summed E-state index contributed by atoms with van der Waals surface area (Å²) in [5, 5.41) is 7.47. The number of nitrogens with one attached hydrogen (secondary N) is 1. The molecule has 0 aliphatic rings. The lowest BCUT2D eigenvalue weighted by Gasteiger charge is -2.21. The van der Waals surface area contributed by atoms with E-state index in [1.54, 1.807) is 0 Å². The normalized spacial score (nSPS) is 11.1. The Morgan fingerprint density at radius 3 is 2.76 bits per heavy atom. The van der Waals surface area contributed by atoms with Crippen LogP contribution in [0.3, 0.4) is 0 Å². The Hall–Kier alpha value is -1.81. The molecule has 4 nitrogen and oxygen atoms in total. The van der Waals surface area contributed by atoms with Crippen molar-refractivity contribution in [1.29, 1.82) is 0 Å². The average molecular weight is 287 g/mol. The fraction of sp³-hybridized carbons (Fsp3) is 0.471. The zero-order chi connectivity index (χ0) is 15.2. The molecule has 0 unspecified atom stereocenters. The largest absolute Gasteiger partial charge is 0.364 e. The van der Waals surface area contributed by atoms with Crippen molar-refractivity contribution in [2.24, 2.45) is 0 Å². The fourth-order valence-corrected chi connectivity index (χ4v) is 2.22. The molecule has 1 N–H and O–H groups in total. The third-order valence-corrected chi connectivity index (χ3v) is 3.39. The molecule has 0 spiro atoms. The summed E-state index contributed by atoms with van der Waals surface area (Å²) in [7, 11) is 0. The first-order valence-electron chi connectivity index (χ1n) is 7.58. The topological polar surface area (TPSA) is 41.3 Å². The maximum absolute atomic E-state index is 5.45.